The number of aliphatic imine (C=N–C) groups is 1. The van der Waals surface area contributed by atoms with Crippen molar-refractivity contribution in [3.05, 3.63) is 0 Å². The Morgan fingerprint density at radius 1 is 1.62 bits per heavy atom. The van der Waals surface area contributed by atoms with E-state index in [1.54, 1.807) is 14.0 Å². The lowest BCUT2D eigenvalue weighted by molar-refractivity contribution is -0.124. The molecule has 74 valence electrons. The average Bonchev–Trinajstić information content (AvgIpc) is 2.28. The molecule has 1 heterocycles. The third kappa shape index (κ3) is 1.57. The van der Waals surface area contributed by atoms with Crippen molar-refractivity contribution >= 4 is 22.8 Å². The molecule has 1 rings (SSSR count). The van der Waals surface area contributed by atoms with E-state index in [9.17, 15) is 9.18 Å². The standard InChI is InChI=1S/C8H13FN2OS/c1-7(2,9)8(3)5(12)11-6(10-4)13-8/h1-4H3,(H,10,11,12). The van der Waals surface area contributed by atoms with Gasteiger partial charge in [-0.1, -0.05) is 11.8 Å². The van der Waals surface area contributed by atoms with Crippen molar-refractivity contribution in [2.75, 3.05) is 7.05 Å². The molecule has 1 aliphatic heterocycles. The van der Waals surface area contributed by atoms with Gasteiger partial charge in [0.1, 0.15) is 10.4 Å². The summed E-state index contributed by atoms with van der Waals surface area (Å²) in [5.41, 5.74) is -1.56. The molecule has 1 fully saturated rings. The molecule has 1 atom stereocenters. The SMILES string of the molecule is CN=C1NC(=O)C(C)(C(C)(C)F)S1. The second-order valence-electron chi connectivity index (χ2n) is 3.59. The average molecular weight is 204 g/mol. The van der Waals surface area contributed by atoms with E-state index >= 15 is 0 Å². The Morgan fingerprint density at radius 3 is 2.38 bits per heavy atom. The highest BCUT2D eigenvalue weighted by Crippen LogP contribution is 2.42. The highest BCUT2D eigenvalue weighted by molar-refractivity contribution is 8.16. The highest BCUT2D eigenvalue weighted by atomic mass is 32.2. The van der Waals surface area contributed by atoms with Crippen LogP contribution in [0.2, 0.25) is 0 Å². The lowest BCUT2D eigenvalue weighted by Gasteiger charge is -2.29. The number of amidine groups is 1. The molecule has 0 aromatic heterocycles. The first-order valence-electron chi connectivity index (χ1n) is 3.97. The smallest absolute Gasteiger partial charge is 0.245 e. The fourth-order valence-corrected chi connectivity index (χ4v) is 1.98. The van der Waals surface area contributed by atoms with Crippen LogP contribution in [0.4, 0.5) is 4.39 Å². The van der Waals surface area contributed by atoms with Crippen molar-refractivity contribution in [3.63, 3.8) is 0 Å². The fourth-order valence-electron chi connectivity index (χ4n) is 0.974. The van der Waals surface area contributed by atoms with E-state index in [4.69, 9.17) is 0 Å². The largest absolute Gasteiger partial charge is 0.304 e. The van der Waals surface area contributed by atoms with Crippen LogP contribution in [0.1, 0.15) is 20.8 Å². The van der Waals surface area contributed by atoms with Crippen LogP contribution in [0.5, 0.6) is 0 Å². The topological polar surface area (TPSA) is 41.5 Å². The van der Waals surface area contributed by atoms with Gasteiger partial charge in [-0.2, -0.15) is 0 Å². The highest BCUT2D eigenvalue weighted by Gasteiger charge is 2.53. The predicted octanol–water partition coefficient (Wildman–Crippen LogP) is 1.34. The van der Waals surface area contributed by atoms with Gasteiger partial charge in [0.05, 0.1) is 0 Å². The summed E-state index contributed by atoms with van der Waals surface area (Å²) in [6, 6.07) is 0. The van der Waals surface area contributed by atoms with Gasteiger partial charge >= 0.3 is 0 Å². The number of nitrogens with one attached hydrogen (secondary N) is 1. The summed E-state index contributed by atoms with van der Waals surface area (Å²) in [5.74, 6) is -0.314. The van der Waals surface area contributed by atoms with Crippen molar-refractivity contribution in [2.24, 2.45) is 4.99 Å². The van der Waals surface area contributed by atoms with Crippen LogP contribution in [0.15, 0.2) is 4.99 Å². The molecule has 1 amide bonds. The van der Waals surface area contributed by atoms with E-state index in [0.717, 1.165) is 11.8 Å². The summed E-state index contributed by atoms with van der Waals surface area (Å²) in [7, 11) is 1.57. The van der Waals surface area contributed by atoms with Crippen molar-refractivity contribution < 1.29 is 9.18 Å². The van der Waals surface area contributed by atoms with E-state index in [2.05, 4.69) is 10.3 Å². The van der Waals surface area contributed by atoms with Gasteiger partial charge < -0.3 is 5.32 Å². The molecule has 5 heteroatoms. The van der Waals surface area contributed by atoms with E-state index in [1.807, 2.05) is 0 Å². The first-order valence-corrected chi connectivity index (χ1v) is 4.79. The van der Waals surface area contributed by atoms with Crippen molar-refractivity contribution in [1.82, 2.24) is 5.32 Å². The molecule has 1 saturated heterocycles. The zero-order valence-electron chi connectivity index (χ0n) is 8.14. The van der Waals surface area contributed by atoms with E-state index < -0.39 is 10.4 Å². The number of amides is 1. The summed E-state index contributed by atoms with van der Waals surface area (Å²) in [4.78, 5) is 15.3. The number of nitrogens with zero attached hydrogens (tertiary/aromatic N) is 1. The zero-order chi connectivity index (χ0) is 10.3. The lowest BCUT2D eigenvalue weighted by atomic mass is 9.93. The molecule has 0 aliphatic carbocycles. The summed E-state index contributed by atoms with van der Waals surface area (Å²) in [6.07, 6.45) is 0. The molecule has 1 unspecified atom stereocenters. The Kier molecular flexibility index (Phi) is 2.40. The Labute approximate surface area is 81.2 Å². The molecular formula is C8H13FN2OS. The van der Waals surface area contributed by atoms with E-state index in [-0.39, 0.29) is 5.91 Å². The molecule has 1 aliphatic rings. The molecule has 1 N–H and O–H groups in total. The number of carbonyl (C=O) groups excluding carboxylic acids is 1. The molecule has 0 aromatic carbocycles. The van der Waals surface area contributed by atoms with Crippen LogP contribution in [-0.2, 0) is 4.79 Å². The summed E-state index contributed by atoms with van der Waals surface area (Å²) >= 11 is 1.14. The van der Waals surface area contributed by atoms with Gasteiger partial charge in [0.15, 0.2) is 5.17 Å². The number of carbonyl (C=O) groups is 1. The minimum Gasteiger partial charge on any atom is -0.304 e. The summed E-state index contributed by atoms with van der Waals surface area (Å²) in [5, 5.41) is 3.02. The van der Waals surface area contributed by atoms with Gasteiger partial charge in [0, 0.05) is 7.05 Å². The van der Waals surface area contributed by atoms with Gasteiger partial charge in [-0.05, 0) is 20.8 Å². The summed E-state index contributed by atoms with van der Waals surface area (Å²) < 4.78 is 12.6. The second-order valence-corrected chi connectivity index (χ2v) is 5.00. The quantitative estimate of drug-likeness (QED) is 0.700. The van der Waals surface area contributed by atoms with Gasteiger partial charge in [0.25, 0.3) is 0 Å². The molecule has 0 aromatic rings. The van der Waals surface area contributed by atoms with Crippen molar-refractivity contribution in [2.45, 2.75) is 31.2 Å². The maximum Gasteiger partial charge on any atom is 0.245 e. The van der Waals surface area contributed by atoms with Crippen molar-refractivity contribution in [3.8, 4) is 0 Å². The van der Waals surface area contributed by atoms with Gasteiger partial charge in [-0.15, -0.1) is 0 Å². The number of thioether (sulfide) groups is 1. The normalized spacial score (nSPS) is 32.4. The number of hydrogen-bond donors (Lipinski definition) is 1. The maximum atomic E-state index is 13.7. The van der Waals surface area contributed by atoms with Crippen LogP contribution in [0.25, 0.3) is 0 Å². The van der Waals surface area contributed by atoms with Crippen LogP contribution in [-0.4, -0.2) is 28.5 Å². The minimum absolute atomic E-state index is 0.314. The lowest BCUT2D eigenvalue weighted by Crippen LogP contribution is -2.48. The molecule has 3 nitrogen and oxygen atoms in total. The molecule has 13 heavy (non-hydrogen) atoms. The molecule has 0 spiro atoms. The molecule has 0 saturated carbocycles. The molecule has 0 bridgehead atoms. The van der Waals surface area contributed by atoms with Crippen LogP contribution in [0.3, 0.4) is 0 Å². The number of hydrogen-bond acceptors (Lipinski definition) is 3. The van der Waals surface area contributed by atoms with E-state index in [1.165, 1.54) is 13.8 Å². The van der Waals surface area contributed by atoms with Gasteiger partial charge in [0.2, 0.25) is 5.91 Å². The van der Waals surface area contributed by atoms with Gasteiger partial charge in [-0.25, -0.2) is 4.39 Å². The third-order valence-corrected chi connectivity index (χ3v) is 3.85. The third-order valence-electron chi connectivity index (χ3n) is 2.29. The molecule has 0 radical (unpaired) electrons. The van der Waals surface area contributed by atoms with E-state index in [0.29, 0.717) is 5.17 Å². The van der Waals surface area contributed by atoms with Crippen LogP contribution < -0.4 is 5.32 Å². The zero-order valence-corrected chi connectivity index (χ0v) is 8.96. The monoisotopic (exact) mass is 204 g/mol. The van der Waals surface area contributed by atoms with Gasteiger partial charge in [-0.3, -0.25) is 9.79 Å². The molecular weight excluding hydrogens is 191 g/mol. The maximum absolute atomic E-state index is 13.7. The van der Waals surface area contributed by atoms with Crippen LogP contribution in [0, 0.1) is 0 Å². The minimum atomic E-state index is -1.56. The van der Waals surface area contributed by atoms with Crippen molar-refractivity contribution in [1.29, 1.82) is 0 Å². The van der Waals surface area contributed by atoms with Crippen LogP contribution >= 0.6 is 11.8 Å². The second kappa shape index (κ2) is 2.97. The Balaban J connectivity index is 3.01. The summed E-state index contributed by atoms with van der Waals surface area (Å²) in [6.45, 7) is 4.39. The predicted molar refractivity (Wildman–Crippen MR) is 52.7 cm³/mol. The Hall–Kier alpha value is -0.580. The Morgan fingerprint density at radius 2 is 2.15 bits per heavy atom. The Bertz CT molecular complexity index is 272. The first-order chi connectivity index (χ1) is 5.81. The first kappa shape index (κ1) is 10.5. The number of halogens is 1. The number of rotatable bonds is 1. The fraction of sp³-hybridized carbons (Fsp3) is 0.750. The number of alkyl halides is 1.